The van der Waals surface area contributed by atoms with E-state index in [0.717, 1.165) is 22.9 Å². The van der Waals surface area contributed by atoms with E-state index in [-0.39, 0.29) is 18.0 Å². The summed E-state index contributed by atoms with van der Waals surface area (Å²) in [5.74, 6) is -0.321. The van der Waals surface area contributed by atoms with Gasteiger partial charge in [0.1, 0.15) is 7.14 Å². The van der Waals surface area contributed by atoms with Crippen LogP contribution in [0.3, 0.4) is 0 Å². The van der Waals surface area contributed by atoms with E-state index in [9.17, 15) is 4.79 Å². The highest BCUT2D eigenvalue weighted by Crippen LogP contribution is 2.79. The first-order chi connectivity index (χ1) is 14.1. The van der Waals surface area contributed by atoms with Crippen molar-refractivity contribution in [1.82, 2.24) is 0 Å². The molecule has 3 aromatic rings. The monoisotopic (exact) mass is 404 g/mol. The van der Waals surface area contributed by atoms with Gasteiger partial charge in [-0.25, -0.2) is 0 Å². The van der Waals surface area contributed by atoms with E-state index in [1.807, 2.05) is 78.9 Å². The normalized spacial score (nSPS) is 26.2. The molecule has 0 aliphatic carbocycles. The zero-order valence-corrected chi connectivity index (χ0v) is 17.4. The van der Waals surface area contributed by atoms with Crippen LogP contribution < -0.4 is 5.30 Å². The third kappa shape index (κ3) is 3.24. The van der Waals surface area contributed by atoms with Crippen LogP contribution >= 0.6 is 7.14 Å². The predicted octanol–water partition coefficient (Wildman–Crippen LogP) is 5.67. The van der Waals surface area contributed by atoms with Crippen LogP contribution in [0.25, 0.3) is 0 Å². The number of rotatable bonds is 5. The van der Waals surface area contributed by atoms with Gasteiger partial charge in [0.05, 0.1) is 18.7 Å². The van der Waals surface area contributed by atoms with Crippen LogP contribution in [0, 0.1) is 0 Å². The Bertz CT molecular complexity index is 1020. The van der Waals surface area contributed by atoms with Crippen molar-refractivity contribution in [3.05, 3.63) is 102 Å². The quantitative estimate of drug-likeness (QED) is 0.407. The fraction of sp³-hybridized carbons (Fsp3) is 0.240. The van der Waals surface area contributed by atoms with Crippen LogP contribution in [0.15, 0.2) is 91.0 Å². The minimum Gasteiger partial charge on any atom is -0.469 e. The second kappa shape index (κ2) is 8.00. The number of ether oxygens (including phenoxy) is 1. The Hall–Kier alpha value is -2.64. The fourth-order valence-electron chi connectivity index (χ4n) is 4.85. The van der Waals surface area contributed by atoms with Gasteiger partial charge >= 0.3 is 5.97 Å². The summed E-state index contributed by atoms with van der Waals surface area (Å²) in [6, 6.07) is 29.7. The van der Waals surface area contributed by atoms with Crippen molar-refractivity contribution in [3.63, 3.8) is 0 Å². The van der Waals surface area contributed by atoms with E-state index in [1.54, 1.807) is 0 Å². The lowest BCUT2D eigenvalue weighted by atomic mass is 9.89. The molecule has 0 radical (unpaired) electrons. The van der Waals surface area contributed by atoms with E-state index in [2.05, 4.69) is 12.1 Å². The zero-order chi connectivity index (χ0) is 20.3. The Kier molecular flexibility index (Phi) is 5.43. The lowest BCUT2D eigenvalue weighted by Crippen LogP contribution is -2.31. The highest BCUT2D eigenvalue weighted by Gasteiger charge is 2.60. The zero-order valence-electron chi connectivity index (χ0n) is 16.5. The van der Waals surface area contributed by atoms with Gasteiger partial charge in [-0.3, -0.25) is 4.79 Å². The van der Waals surface area contributed by atoms with Gasteiger partial charge in [0.15, 0.2) is 0 Å². The van der Waals surface area contributed by atoms with E-state index in [1.165, 1.54) is 7.11 Å². The molecule has 0 bridgehead atoms. The average molecular weight is 404 g/mol. The highest BCUT2D eigenvalue weighted by atomic mass is 31.2. The molecule has 148 valence electrons. The molecule has 0 amide bonds. The number of hydrogen-bond acceptors (Lipinski definition) is 3. The average Bonchev–Trinajstić information content (AvgIpc) is 3.09. The van der Waals surface area contributed by atoms with Gasteiger partial charge in [-0.15, -0.1) is 0 Å². The maximum Gasteiger partial charge on any atom is 0.306 e. The first-order valence-electron chi connectivity index (χ1n) is 9.94. The van der Waals surface area contributed by atoms with Crippen LogP contribution in [-0.2, 0) is 19.3 Å². The number of carbonyl (C=O) groups is 1. The van der Waals surface area contributed by atoms with Crippen molar-refractivity contribution in [1.29, 1.82) is 0 Å². The van der Waals surface area contributed by atoms with Crippen molar-refractivity contribution in [2.45, 2.75) is 30.1 Å². The van der Waals surface area contributed by atoms with Crippen LogP contribution in [0.2, 0.25) is 0 Å². The predicted molar refractivity (Wildman–Crippen MR) is 117 cm³/mol. The molecule has 29 heavy (non-hydrogen) atoms. The first-order valence-corrected chi connectivity index (χ1v) is 11.7. The molecule has 4 rings (SSSR count). The third-order valence-corrected chi connectivity index (χ3v) is 10.6. The summed E-state index contributed by atoms with van der Waals surface area (Å²) in [5.41, 5.74) is 1.90. The molecular weight excluding hydrogens is 379 g/mol. The van der Waals surface area contributed by atoms with Crippen LogP contribution in [0.5, 0.6) is 0 Å². The lowest BCUT2D eigenvalue weighted by Gasteiger charge is -2.38. The topological polar surface area (TPSA) is 43.4 Å². The maximum absolute atomic E-state index is 15.2. The van der Waals surface area contributed by atoms with Crippen LogP contribution in [-0.4, -0.2) is 13.1 Å². The van der Waals surface area contributed by atoms with Crippen molar-refractivity contribution < 1.29 is 14.1 Å². The van der Waals surface area contributed by atoms with Gasteiger partial charge in [0, 0.05) is 11.0 Å². The molecule has 1 heterocycles. The van der Waals surface area contributed by atoms with Gasteiger partial charge in [-0.2, -0.15) is 0 Å². The minimum atomic E-state index is -3.09. The third-order valence-electron chi connectivity index (χ3n) is 6.21. The van der Waals surface area contributed by atoms with Crippen molar-refractivity contribution >= 4 is 18.4 Å². The maximum atomic E-state index is 15.2. The van der Waals surface area contributed by atoms with E-state index < -0.39 is 12.3 Å². The van der Waals surface area contributed by atoms with E-state index >= 15 is 4.57 Å². The molecule has 0 N–H and O–H groups in total. The summed E-state index contributed by atoms with van der Waals surface area (Å²) < 4.78 is 20.3. The summed E-state index contributed by atoms with van der Waals surface area (Å²) in [6.45, 7) is 0. The Labute approximate surface area is 172 Å². The van der Waals surface area contributed by atoms with Crippen molar-refractivity contribution in [2.24, 2.45) is 0 Å². The molecule has 3 atom stereocenters. The molecule has 3 nitrogen and oxygen atoms in total. The largest absolute Gasteiger partial charge is 0.469 e. The highest BCUT2D eigenvalue weighted by molar-refractivity contribution is 7.73. The minimum absolute atomic E-state index is 0.114. The molecule has 1 fully saturated rings. The second-order valence-corrected chi connectivity index (χ2v) is 10.9. The molecule has 0 saturated carbocycles. The summed E-state index contributed by atoms with van der Waals surface area (Å²) in [6.07, 6.45) is 1.56. The first kappa shape index (κ1) is 19.7. The molecule has 3 aromatic carbocycles. The van der Waals surface area contributed by atoms with Gasteiger partial charge < -0.3 is 9.30 Å². The molecule has 4 heteroatoms. The molecule has 0 unspecified atom stereocenters. The number of carbonyl (C=O) groups excluding carboxylic acids is 1. The second-order valence-electron chi connectivity index (χ2n) is 7.61. The van der Waals surface area contributed by atoms with Crippen LogP contribution in [0.1, 0.15) is 36.0 Å². The van der Waals surface area contributed by atoms with Crippen LogP contribution in [0.4, 0.5) is 0 Å². The Morgan fingerprint density at radius 2 is 1.48 bits per heavy atom. The van der Waals surface area contributed by atoms with Crippen molar-refractivity contribution in [3.8, 4) is 0 Å². The Balaban J connectivity index is 1.98. The summed E-state index contributed by atoms with van der Waals surface area (Å²) in [7, 11) is -1.68. The summed E-state index contributed by atoms with van der Waals surface area (Å²) >= 11 is 0. The van der Waals surface area contributed by atoms with E-state index in [0.29, 0.717) is 6.42 Å². The molecule has 0 aromatic heterocycles. The molecular formula is C25H25O3P. The Morgan fingerprint density at radius 1 is 0.931 bits per heavy atom. The van der Waals surface area contributed by atoms with Gasteiger partial charge in [0.2, 0.25) is 0 Å². The molecule has 1 aliphatic heterocycles. The lowest BCUT2D eigenvalue weighted by molar-refractivity contribution is -0.141. The molecule has 0 spiro atoms. The van der Waals surface area contributed by atoms with Crippen molar-refractivity contribution in [2.75, 3.05) is 7.11 Å². The van der Waals surface area contributed by atoms with Gasteiger partial charge in [-0.1, -0.05) is 91.0 Å². The van der Waals surface area contributed by atoms with E-state index in [4.69, 9.17) is 4.74 Å². The van der Waals surface area contributed by atoms with Gasteiger partial charge in [-0.05, 0) is 24.0 Å². The van der Waals surface area contributed by atoms with Gasteiger partial charge in [0.25, 0.3) is 0 Å². The number of methoxy groups -OCH3 is 1. The Morgan fingerprint density at radius 3 is 2.07 bits per heavy atom. The SMILES string of the molecule is COC(=O)C[C@]1(c2ccccc2)CC[C@@H](c2ccccc2)[P@@]1(=O)c1ccccc1. The smallest absolute Gasteiger partial charge is 0.306 e. The number of hydrogen-bond donors (Lipinski definition) is 0. The molecule has 1 saturated heterocycles. The summed E-state index contributed by atoms with van der Waals surface area (Å²) in [5, 5.41) is 0.0579. The molecule has 1 aliphatic rings. The summed E-state index contributed by atoms with van der Waals surface area (Å²) in [4.78, 5) is 12.6. The fourth-order valence-corrected chi connectivity index (χ4v) is 9.36. The standard InChI is InChI=1S/C25H25O3P/c1-28-24(26)19-25(21-13-7-3-8-14-21)18-17-23(20-11-5-2-6-12-20)29(25,27)22-15-9-4-10-16-22/h2-16,23H,17-19H2,1H3/t23-,25-,29-/m0/s1. The number of esters is 1. The number of benzene rings is 3.